The number of aliphatic hydroxyl groups is 8. The number of amides is 3. The van der Waals surface area contributed by atoms with Crippen LogP contribution < -0.4 is 16.0 Å². The standard InChI is InChI=1S/C31H55N3O17/c1-13(38)8-48-30-18(10-47-11-22-24(32-14(2)39)29(44)28(43)21(7-37)50-22)20(6-36)49-23(25(30)33-15(3)40)12-46-9-17-19(5-35)51-31(45)26(27(17)42)34-16(4)41/h13,17-31,35-38,42-45H,5-12H2,1-4H3,(H,32,39)(H,33,40)(H,34,41)/t13?,17-,18-,19?,20?,21?,22+,23+,24?,25?,26?,27+,28-,29-,30+,31-/m1/s1. The second kappa shape index (κ2) is 20.3. The second-order valence-corrected chi connectivity index (χ2v) is 13.2. The monoisotopic (exact) mass is 741 g/mol. The third kappa shape index (κ3) is 11.7. The molecule has 20 nitrogen and oxygen atoms in total. The van der Waals surface area contributed by atoms with Gasteiger partial charge < -0.3 is 85.2 Å². The van der Waals surface area contributed by atoms with Crippen molar-refractivity contribution in [2.75, 3.05) is 52.9 Å². The molecule has 3 saturated heterocycles. The molecule has 51 heavy (non-hydrogen) atoms. The van der Waals surface area contributed by atoms with E-state index < -0.39 is 135 Å². The van der Waals surface area contributed by atoms with Crippen LogP contribution in [0.4, 0.5) is 0 Å². The molecule has 3 aliphatic rings. The minimum atomic E-state index is -1.59. The van der Waals surface area contributed by atoms with Gasteiger partial charge in [-0.1, -0.05) is 0 Å². The first-order valence-electron chi connectivity index (χ1n) is 16.9. The minimum absolute atomic E-state index is 0.182. The van der Waals surface area contributed by atoms with Crippen LogP contribution in [0.15, 0.2) is 0 Å². The van der Waals surface area contributed by atoms with Gasteiger partial charge in [-0.05, 0) is 6.92 Å². The van der Waals surface area contributed by atoms with E-state index in [1.165, 1.54) is 27.7 Å². The fraction of sp³-hybridized carbons (Fsp3) is 0.903. The summed E-state index contributed by atoms with van der Waals surface area (Å²) in [5.74, 6) is -3.21. The fourth-order valence-corrected chi connectivity index (χ4v) is 6.70. The number of nitrogens with one attached hydrogen (secondary N) is 3. The zero-order chi connectivity index (χ0) is 38.0. The maximum Gasteiger partial charge on any atom is 0.217 e. The molecule has 0 saturated carbocycles. The van der Waals surface area contributed by atoms with Crippen molar-refractivity contribution in [1.29, 1.82) is 0 Å². The van der Waals surface area contributed by atoms with E-state index in [-0.39, 0.29) is 33.0 Å². The summed E-state index contributed by atoms with van der Waals surface area (Å²) in [7, 11) is 0. The number of carbonyl (C=O) groups is 3. The topological polar surface area (TPSA) is 305 Å². The van der Waals surface area contributed by atoms with Crippen molar-refractivity contribution in [1.82, 2.24) is 16.0 Å². The van der Waals surface area contributed by atoms with E-state index in [0.29, 0.717) is 0 Å². The highest BCUT2D eigenvalue weighted by atomic mass is 16.6. The highest BCUT2D eigenvalue weighted by molar-refractivity contribution is 5.74. The molecule has 3 heterocycles. The summed E-state index contributed by atoms with van der Waals surface area (Å²) in [5, 5.41) is 89.8. The van der Waals surface area contributed by atoms with Gasteiger partial charge in [-0.2, -0.15) is 0 Å². The van der Waals surface area contributed by atoms with Gasteiger partial charge in [0, 0.05) is 32.6 Å². The molecule has 296 valence electrons. The highest BCUT2D eigenvalue weighted by Crippen LogP contribution is 2.32. The summed E-state index contributed by atoms with van der Waals surface area (Å²) in [6.07, 6.45) is -13.0. The van der Waals surface area contributed by atoms with Gasteiger partial charge in [-0.3, -0.25) is 14.4 Å². The van der Waals surface area contributed by atoms with E-state index >= 15 is 0 Å². The lowest BCUT2D eigenvalue weighted by atomic mass is 9.85. The molecule has 3 fully saturated rings. The molecule has 0 bridgehead atoms. The van der Waals surface area contributed by atoms with E-state index in [9.17, 15) is 55.2 Å². The van der Waals surface area contributed by atoms with Crippen LogP contribution in [0.2, 0.25) is 0 Å². The quantitative estimate of drug-likeness (QED) is 0.0661. The summed E-state index contributed by atoms with van der Waals surface area (Å²) >= 11 is 0. The average Bonchev–Trinajstić information content (AvgIpc) is 3.06. The molecule has 0 aromatic heterocycles. The van der Waals surface area contributed by atoms with E-state index in [1.54, 1.807) is 0 Å². The molecule has 11 N–H and O–H groups in total. The molecule has 3 rings (SSSR count). The summed E-state index contributed by atoms with van der Waals surface area (Å²) in [4.78, 5) is 35.9. The van der Waals surface area contributed by atoms with Crippen LogP contribution in [0.3, 0.4) is 0 Å². The van der Waals surface area contributed by atoms with Crippen molar-refractivity contribution in [2.45, 2.75) is 113 Å². The Bertz CT molecular complexity index is 1110. The number of carbonyl (C=O) groups excluding carboxylic acids is 3. The molecule has 7 unspecified atom stereocenters. The largest absolute Gasteiger partial charge is 0.394 e. The van der Waals surface area contributed by atoms with Crippen LogP contribution in [-0.4, -0.2) is 197 Å². The van der Waals surface area contributed by atoms with E-state index in [2.05, 4.69) is 16.0 Å². The maximum absolute atomic E-state index is 12.4. The predicted octanol–water partition coefficient (Wildman–Crippen LogP) is -6.16. The predicted molar refractivity (Wildman–Crippen MR) is 170 cm³/mol. The number of aliphatic hydroxyl groups excluding tert-OH is 8. The summed E-state index contributed by atoms with van der Waals surface area (Å²) < 4.78 is 35.3. The molecular weight excluding hydrogens is 686 g/mol. The Hall–Kier alpha value is -2.15. The molecule has 0 aromatic carbocycles. The number of hydrogen-bond acceptors (Lipinski definition) is 17. The van der Waals surface area contributed by atoms with Crippen LogP contribution in [-0.2, 0) is 42.8 Å². The maximum atomic E-state index is 12.4. The molecule has 3 amide bonds. The fourth-order valence-electron chi connectivity index (χ4n) is 6.70. The van der Waals surface area contributed by atoms with Crippen LogP contribution in [0.5, 0.6) is 0 Å². The summed E-state index contributed by atoms with van der Waals surface area (Å²) in [5.41, 5.74) is 0. The van der Waals surface area contributed by atoms with Crippen molar-refractivity contribution in [3.63, 3.8) is 0 Å². The summed E-state index contributed by atoms with van der Waals surface area (Å²) in [6.45, 7) is 2.31. The van der Waals surface area contributed by atoms with Gasteiger partial charge in [-0.25, -0.2) is 0 Å². The van der Waals surface area contributed by atoms with Gasteiger partial charge in [0.1, 0.15) is 36.6 Å². The number of rotatable bonds is 17. The first kappa shape index (κ1) is 43.3. The normalized spacial score (nSPS) is 39.2. The van der Waals surface area contributed by atoms with Gasteiger partial charge >= 0.3 is 0 Å². The average molecular weight is 742 g/mol. The molecule has 0 spiro atoms. The second-order valence-electron chi connectivity index (χ2n) is 13.2. The van der Waals surface area contributed by atoms with Crippen LogP contribution in [0, 0.1) is 11.8 Å². The van der Waals surface area contributed by atoms with E-state index in [1.807, 2.05) is 0 Å². The van der Waals surface area contributed by atoms with Gasteiger partial charge in [-0.15, -0.1) is 0 Å². The molecule has 20 heteroatoms. The Morgan fingerprint density at radius 2 is 1.08 bits per heavy atom. The Kier molecular flexibility index (Phi) is 17.3. The lowest BCUT2D eigenvalue weighted by molar-refractivity contribution is -0.249. The first-order valence-corrected chi connectivity index (χ1v) is 16.9. The van der Waals surface area contributed by atoms with Crippen molar-refractivity contribution in [3.05, 3.63) is 0 Å². The van der Waals surface area contributed by atoms with Crippen molar-refractivity contribution in [2.24, 2.45) is 11.8 Å². The highest BCUT2D eigenvalue weighted by Gasteiger charge is 2.49. The van der Waals surface area contributed by atoms with Crippen molar-refractivity contribution < 1.29 is 83.7 Å². The van der Waals surface area contributed by atoms with E-state index in [0.717, 1.165) is 0 Å². The smallest absolute Gasteiger partial charge is 0.217 e. The summed E-state index contributed by atoms with van der Waals surface area (Å²) in [6, 6.07) is -3.24. The Balaban J connectivity index is 1.78. The third-order valence-corrected chi connectivity index (χ3v) is 9.12. The van der Waals surface area contributed by atoms with Crippen LogP contribution in [0.25, 0.3) is 0 Å². The number of hydrogen-bond donors (Lipinski definition) is 11. The minimum Gasteiger partial charge on any atom is -0.394 e. The number of ether oxygens (including phenoxy) is 6. The van der Waals surface area contributed by atoms with Gasteiger partial charge in [0.15, 0.2) is 6.29 Å². The molecule has 16 atom stereocenters. The zero-order valence-electron chi connectivity index (χ0n) is 29.1. The van der Waals surface area contributed by atoms with Gasteiger partial charge in [0.2, 0.25) is 17.7 Å². The molecule has 0 aromatic rings. The molecule has 0 aliphatic carbocycles. The lowest BCUT2D eigenvalue weighted by Gasteiger charge is -2.47. The Morgan fingerprint density at radius 1 is 0.608 bits per heavy atom. The lowest BCUT2D eigenvalue weighted by Crippen LogP contribution is -2.66. The van der Waals surface area contributed by atoms with Crippen LogP contribution >= 0.6 is 0 Å². The Labute approximate surface area is 295 Å². The SMILES string of the molecule is CC(=O)NC1[C@H](COC[C@@H]2C(CO)O[C@@H](COC[C@@H]3C(CO)O[C@@H](O)C(NC(C)=O)[C@H]3O)C(NC(C)=O)[C@H]2OCC(C)O)OC(CO)[C@@H](O)[C@@H]1O. The van der Waals surface area contributed by atoms with E-state index in [4.69, 9.17) is 28.4 Å². The zero-order valence-corrected chi connectivity index (χ0v) is 29.1. The molecule has 3 aliphatic heterocycles. The van der Waals surface area contributed by atoms with Crippen molar-refractivity contribution >= 4 is 17.7 Å². The van der Waals surface area contributed by atoms with Crippen molar-refractivity contribution in [3.8, 4) is 0 Å². The molecular formula is C31H55N3O17. The molecule has 0 radical (unpaired) electrons. The Morgan fingerprint density at radius 3 is 1.61 bits per heavy atom. The third-order valence-electron chi connectivity index (χ3n) is 9.12. The van der Waals surface area contributed by atoms with Gasteiger partial charge in [0.05, 0.1) is 95.5 Å². The van der Waals surface area contributed by atoms with Gasteiger partial charge in [0.25, 0.3) is 0 Å². The first-order chi connectivity index (χ1) is 24.1. The van der Waals surface area contributed by atoms with Crippen LogP contribution in [0.1, 0.15) is 27.7 Å².